The molecule has 3 N–H and O–H groups in total. The molecular weight excluding hydrogens is 889 g/mol. The van der Waals surface area contributed by atoms with Gasteiger partial charge in [-0.1, -0.05) is 25.7 Å². The zero-order valence-corrected chi connectivity index (χ0v) is 39.6. The third-order valence-corrected chi connectivity index (χ3v) is 15.1. The number of piperidine rings is 1. The van der Waals surface area contributed by atoms with E-state index in [0.717, 1.165) is 55.9 Å². The van der Waals surface area contributed by atoms with Gasteiger partial charge in [0.1, 0.15) is 29.1 Å². The van der Waals surface area contributed by atoms with E-state index in [4.69, 9.17) is 4.98 Å². The largest absolute Gasteiger partial charge is 0.392 e. The minimum Gasteiger partial charge on any atom is -0.392 e. The quantitative estimate of drug-likeness (QED) is 0.147. The topological polar surface area (TPSA) is 195 Å². The molecule has 2 aliphatic carbocycles. The Morgan fingerprint density at radius 2 is 1.70 bits per heavy atom. The number of nitrogens with one attached hydrogen (secondary N) is 2. The van der Waals surface area contributed by atoms with Crippen LogP contribution in [0.4, 0.5) is 23.0 Å². The van der Waals surface area contributed by atoms with Crippen molar-refractivity contribution in [2.24, 2.45) is 18.4 Å². The second-order valence-corrected chi connectivity index (χ2v) is 20.4. The van der Waals surface area contributed by atoms with Gasteiger partial charge in [-0.3, -0.25) is 48.8 Å². The predicted molar refractivity (Wildman–Crippen MR) is 261 cm³/mol. The molecule has 17 nitrogen and oxygen atoms in total. The number of nitrogens with zero attached hydrogens (tertiary/aromatic N) is 8. The van der Waals surface area contributed by atoms with Crippen molar-refractivity contribution in [2.45, 2.75) is 90.6 Å². The highest BCUT2D eigenvalue weighted by Crippen LogP contribution is 2.41. The van der Waals surface area contributed by atoms with Crippen LogP contribution in [0.1, 0.15) is 100 Å². The van der Waals surface area contributed by atoms with E-state index in [0.29, 0.717) is 64.4 Å². The standard InChI is InChI=1S/C53H54N10O7/c1-30-27-59(36-19-32(20-36)6-5-31-7-9-38-39(21-31)50(68)63(49(38)67)42-10-12-46(65)57-48(42)66)15-16-60(30)35-8-11-45(55-26-35)56-41-22-34(28-58(4)51(41)69)37-13-14-54-47(40(37)29-64)62-18-17-61-43(52(62)70)23-33-24-53(2,3)25-44(33)61/h7-9,11,13-14,21-23,26,28,30,32,36,42,64H,10,12,15-20,24-25,27,29H2,1-4H3,(H,55,56)(H,57,65,66)/t30-,32?,36?,42?/m0/s1. The lowest BCUT2D eigenvalue weighted by atomic mass is 9.79. The number of carbonyl (C=O) groups excluding carboxylic acids is 5. The zero-order chi connectivity index (χ0) is 48.7. The molecule has 2 atom stereocenters. The van der Waals surface area contributed by atoms with Crippen molar-refractivity contribution >= 4 is 52.5 Å². The molecule has 4 aromatic heterocycles. The molecule has 70 heavy (non-hydrogen) atoms. The SMILES string of the molecule is C[C@H]1CN(C2CC(C#Cc3ccc4c(c3)C(=O)N(C3CCC(=O)NC3=O)C4=O)C2)CCN1c1ccc(Nc2cc(-c3ccnc(N4CCn5c(cc6c5CC(C)(C)C6)C4=O)c3CO)cn(C)c2=O)nc1. The number of imide groups is 2. The van der Waals surface area contributed by atoms with Crippen LogP contribution in [-0.2, 0) is 42.6 Å². The van der Waals surface area contributed by atoms with Gasteiger partial charge in [0.25, 0.3) is 23.3 Å². The van der Waals surface area contributed by atoms with Gasteiger partial charge in [0.05, 0.1) is 29.6 Å². The molecule has 358 valence electrons. The number of hydrogen-bond acceptors (Lipinski definition) is 12. The van der Waals surface area contributed by atoms with E-state index in [-0.39, 0.29) is 59.4 Å². The first-order valence-electron chi connectivity index (χ1n) is 24.1. The molecule has 6 aliphatic rings. The average molecular weight is 943 g/mol. The van der Waals surface area contributed by atoms with Crippen LogP contribution in [0.15, 0.2) is 71.9 Å². The number of aliphatic hydroxyl groups is 1. The number of aromatic nitrogens is 4. The molecule has 5 aromatic rings. The number of aliphatic hydroxyl groups excluding tert-OH is 1. The molecule has 0 bridgehead atoms. The molecular formula is C53H54N10O7. The van der Waals surface area contributed by atoms with Gasteiger partial charge in [-0.05, 0) is 104 Å². The van der Waals surface area contributed by atoms with Crippen molar-refractivity contribution in [3.63, 3.8) is 0 Å². The highest BCUT2D eigenvalue weighted by molar-refractivity contribution is 6.23. The molecule has 1 unspecified atom stereocenters. The summed E-state index contributed by atoms with van der Waals surface area (Å²) in [5, 5.41) is 16.2. The maximum Gasteiger partial charge on any atom is 0.276 e. The second kappa shape index (κ2) is 17.2. The summed E-state index contributed by atoms with van der Waals surface area (Å²) in [6, 6.07) is 14.0. The summed E-state index contributed by atoms with van der Waals surface area (Å²) in [5.74, 6) is 5.44. The summed E-state index contributed by atoms with van der Waals surface area (Å²) in [6.45, 7) is 10.0. The molecule has 2 saturated heterocycles. The van der Waals surface area contributed by atoms with E-state index in [2.05, 4.69) is 62.6 Å². The Labute approximate surface area is 404 Å². The molecule has 0 spiro atoms. The predicted octanol–water partition coefficient (Wildman–Crippen LogP) is 4.41. The minimum absolute atomic E-state index is 0.0674. The van der Waals surface area contributed by atoms with Crippen LogP contribution < -0.4 is 26.0 Å². The molecule has 11 rings (SSSR count). The Morgan fingerprint density at radius 1 is 0.886 bits per heavy atom. The summed E-state index contributed by atoms with van der Waals surface area (Å²) in [7, 11) is 1.68. The monoisotopic (exact) mass is 942 g/mol. The van der Waals surface area contributed by atoms with Crippen LogP contribution in [0.25, 0.3) is 11.1 Å². The van der Waals surface area contributed by atoms with Crippen LogP contribution in [0, 0.1) is 23.2 Å². The normalized spacial score (nSPS) is 22.8. The van der Waals surface area contributed by atoms with Crippen molar-refractivity contribution in [2.75, 3.05) is 41.3 Å². The number of carbonyl (C=O) groups is 5. The van der Waals surface area contributed by atoms with Crippen LogP contribution >= 0.6 is 0 Å². The Kier molecular flexibility index (Phi) is 11.1. The van der Waals surface area contributed by atoms with Gasteiger partial charge in [-0.2, -0.15) is 0 Å². The lowest BCUT2D eigenvalue weighted by Gasteiger charge is -2.48. The third kappa shape index (κ3) is 7.84. The number of piperazine rings is 1. The van der Waals surface area contributed by atoms with Crippen molar-refractivity contribution in [1.82, 2.24) is 34.2 Å². The fraction of sp³-hybridized carbons (Fsp3) is 0.396. The summed E-state index contributed by atoms with van der Waals surface area (Å²) in [6.07, 6.45) is 9.11. The van der Waals surface area contributed by atoms with E-state index in [9.17, 15) is 33.9 Å². The van der Waals surface area contributed by atoms with Crippen LogP contribution in [-0.4, -0.2) is 108 Å². The number of hydrogen-bond donors (Lipinski definition) is 3. The van der Waals surface area contributed by atoms with Crippen molar-refractivity contribution < 1.29 is 29.1 Å². The minimum atomic E-state index is -1.01. The molecule has 4 aliphatic heterocycles. The van der Waals surface area contributed by atoms with Gasteiger partial charge < -0.3 is 24.5 Å². The van der Waals surface area contributed by atoms with Gasteiger partial charge in [0, 0.05) is 99.0 Å². The van der Waals surface area contributed by atoms with Gasteiger partial charge >= 0.3 is 0 Å². The third-order valence-electron chi connectivity index (χ3n) is 15.1. The smallest absolute Gasteiger partial charge is 0.276 e. The fourth-order valence-corrected chi connectivity index (χ4v) is 11.4. The van der Waals surface area contributed by atoms with E-state index in [1.165, 1.54) is 15.8 Å². The Morgan fingerprint density at radius 3 is 2.46 bits per heavy atom. The van der Waals surface area contributed by atoms with Crippen LogP contribution in [0.3, 0.4) is 0 Å². The number of amides is 5. The van der Waals surface area contributed by atoms with E-state index < -0.39 is 29.7 Å². The van der Waals surface area contributed by atoms with Crippen LogP contribution in [0.5, 0.6) is 0 Å². The number of rotatable bonds is 8. The van der Waals surface area contributed by atoms with E-state index in [1.54, 1.807) is 54.7 Å². The first-order chi connectivity index (χ1) is 33.6. The molecule has 0 radical (unpaired) electrons. The van der Waals surface area contributed by atoms with Gasteiger partial charge in [-0.25, -0.2) is 9.97 Å². The number of pyridine rings is 3. The lowest BCUT2D eigenvalue weighted by Crippen LogP contribution is -2.57. The number of fused-ring (bicyclic) bond motifs is 4. The first kappa shape index (κ1) is 45.0. The highest BCUT2D eigenvalue weighted by atomic mass is 16.3. The molecule has 8 heterocycles. The molecule has 3 fully saturated rings. The zero-order valence-electron chi connectivity index (χ0n) is 39.6. The van der Waals surface area contributed by atoms with Crippen molar-refractivity contribution in [1.29, 1.82) is 0 Å². The van der Waals surface area contributed by atoms with Crippen molar-refractivity contribution in [3.8, 4) is 23.0 Å². The fourth-order valence-electron chi connectivity index (χ4n) is 11.4. The molecule has 17 heteroatoms. The van der Waals surface area contributed by atoms with Crippen LogP contribution in [0.2, 0.25) is 0 Å². The summed E-state index contributed by atoms with van der Waals surface area (Å²) < 4.78 is 3.65. The Bertz CT molecular complexity index is 3170. The molecule has 5 amide bonds. The molecule has 1 saturated carbocycles. The van der Waals surface area contributed by atoms with Gasteiger partial charge in [0.2, 0.25) is 11.8 Å². The Hall–Kier alpha value is -7.42. The Balaban J connectivity index is 0.709. The van der Waals surface area contributed by atoms with Crippen molar-refractivity contribution in [3.05, 3.63) is 117 Å². The van der Waals surface area contributed by atoms with E-state index in [1.807, 2.05) is 24.4 Å². The van der Waals surface area contributed by atoms with E-state index >= 15 is 0 Å². The summed E-state index contributed by atoms with van der Waals surface area (Å²) in [4.78, 5) is 94.8. The molecule has 1 aromatic carbocycles. The maximum absolute atomic E-state index is 14.0. The van der Waals surface area contributed by atoms with Gasteiger partial charge in [-0.15, -0.1) is 0 Å². The average Bonchev–Trinajstić information content (AvgIpc) is 3.91. The maximum atomic E-state index is 14.0. The summed E-state index contributed by atoms with van der Waals surface area (Å²) >= 11 is 0. The van der Waals surface area contributed by atoms with Gasteiger partial charge in [0.15, 0.2) is 0 Å². The second-order valence-electron chi connectivity index (χ2n) is 20.4. The number of anilines is 4. The first-order valence-corrected chi connectivity index (χ1v) is 24.1. The number of benzene rings is 1. The summed E-state index contributed by atoms with van der Waals surface area (Å²) in [5.41, 5.74) is 7.30. The lowest BCUT2D eigenvalue weighted by molar-refractivity contribution is -0.136. The highest BCUT2D eigenvalue weighted by Gasteiger charge is 2.45. The number of aryl methyl sites for hydroxylation is 1.